The van der Waals surface area contributed by atoms with Crippen LogP contribution < -0.4 is 0 Å². The molecule has 0 aromatic carbocycles. The van der Waals surface area contributed by atoms with Crippen molar-refractivity contribution in [1.82, 2.24) is 0 Å². The van der Waals surface area contributed by atoms with Crippen molar-refractivity contribution < 1.29 is 36.6 Å². The first kappa shape index (κ1) is 16.1. The van der Waals surface area contributed by atoms with Gasteiger partial charge in [-0.25, -0.2) is 0 Å². The quantitative estimate of drug-likeness (QED) is 0.573. The molecule has 2 nitrogen and oxygen atoms in total. The lowest BCUT2D eigenvalue weighted by molar-refractivity contribution is -0.395. The molecule has 2 N–H and O–H groups in total. The summed E-state index contributed by atoms with van der Waals surface area (Å²) in [6, 6.07) is 0. The molecule has 2 bridgehead atoms. The third-order valence-corrected chi connectivity index (χ3v) is 5.88. The van der Waals surface area contributed by atoms with Crippen molar-refractivity contribution in [3.63, 3.8) is 0 Å². The van der Waals surface area contributed by atoms with Gasteiger partial charge < -0.3 is 10.2 Å². The Morgan fingerprint density at radius 1 is 0.955 bits per heavy atom. The molecule has 0 heterocycles. The van der Waals surface area contributed by atoms with E-state index < -0.39 is 47.7 Å². The minimum atomic E-state index is -5.90. The van der Waals surface area contributed by atoms with E-state index in [0.29, 0.717) is 6.42 Å². The van der Waals surface area contributed by atoms with E-state index in [9.17, 15) is 36.6 Å². The molecule has 0 aliphatic heterocycles. The van der Waals surface area contributed by atoms with Crippen LogP contribution in [-0.4, -0.2) is 33.8 Å². The monoisotopic (exact) mass is 330 g/mol. The van der Waals surface area contributed by atoms with E-state index in [1.54, 1.807) is 12.2 Å². The van der Waals surface area contributed by atoms with Crippen LogP contribution in [0.3, 0.4) is 0 Å². The van der Waals surface area contributed by atoms with Crippen molar-refractivity contribution in [2.24, 2.45) is 29.6 Å². The van der Waals surface area contributed by atoms with Crippen LogP contribution in [0.1, 0.15) is 19.8 Å². The highest BCUT2D eigenvalue weighted by atomic mass is 19.4. The topological polar surface area (TPSA) is 40.5 Å². The van der Waals surface area contributed by atoms with Crippen LogP contribution >= 0.6 is 0 Å². The fourth-order valence-corrected chi connectivity index (χ4v) is 5.01. The number of hydrogen-bond donors (Lipinski definition) is 2. The van der Waals surface area contributed by atoms with E-state index in [-0.39, 0.29) is 11.8 Å². The minimum absolute atomic E-state index is 0.114. The van der Waals surface area contributed by atoms with E-state index in [0.717, 1.165) is 6.92 Å². The van der Waals surface area contributed by atoms with Crippen LogP contribution in [-0.2, 0) is 0 Å². The molecule has 6 unspecified atom stereocenters. The van der Waals surface area contributed by atoms with Crippen LogP contribution in [0.5, 0.6) is 0 Å². The number of alkyl halides is 6. The van der Waals surface area contributed by atoms with Gasteiger partial charge in [0.15, 0.2) is 0 Å². The summed E-state index contributed by atoms with van der Waals surface area (Å²) < 4.78 is 78.5. The zero-order valence-corrected chi connectivity index (χ0v) is 11.6. The SMILES string of the molecule is CC1(O)C2C3C=CC(C3)C2CC1C(O)(C(F)(F)F)C(F)(F)F. The van der Waals surface area contributed by atoms with E-state index in [1.165, 1.54) is 0 Å². The summed E-state index contributed by atoms with van der Waals surface area (Å²) in [6.07, 6.45) is -8.09. The molecule has 0 saturated heterocycles. The Balaban J connectivity index is 2.05. The molecule has 22 heavy (non-hydrogen) atoms. The molecule has 8 heteroatoms. The molecule has 3 rings (SSSR count). The largest absolute Gasteiger partial charge is 0.426 e. The van der Waals surface area contributed by atoms with Gasteiger partial charge in [0.2, 0.25) is 0 Å². The number of allylic oxidation sites excluding steroid dienone is 2. The summed E-state index contributed by atoms with van der Waals surface area (Å²) in [5.41, 5.74) is -7.12. The predicted molar refractivity (Wildman–Crippen MR) is 63.5 cm³/mol. The van der Waals surface area contributed by atoms with Gasteiger partial charge in [-0.05, 0) is 43.4 Å². The third kappa shape index (κ3) is 1.76. The molecule has 2 saturated carbocycles. The molecule has 0 spiro atoms. The Kier molecular flexibility index (Phi) is 3.08. The van der Waals surface area contributed by atoms with Crippen LogP contribution in [0.4, 0.5) is 26.3 Å². The number of hydrogen-bond acceptors (Lipinski definition) is 2. The second-order valence-corrected chi connectivity index (χ2v) is 6.91. The highest BCUT2D eigenvalue weighted by Crippen LogP contribution is 2.66. The average Bonchev–Trinajstić information content (AvgIpc) is 2.97. The average molecular weight is 330 g/mol. The lowest BCUT2D eigenvalue weighted by Gasteiger charge is -2.44. The first-order chi connectivity index (χ1) is 9.82. The summed E-state index contributed by atoms with van der Waals surface area (Å²) in [7, 11) is 0. The van der Waals surface area contributed by atoms with Gasteiger partial charge in [0.25, 0.3) is 5.60 Å². The van der Waals surface area contributed by atoms with Gasteiger partial charge in [0.1, 0.15) is 0 Å². The Bertz CT molecular complexity index is 492. The minimum Gasteiger partial charge on any atom is -0.389 e. The zero-order chi connectivity index (χ0) is 16.7. The van der Waals surface area contributed by atoms with E-state index >= 15 is 0 Å². The molecule has 0 aromatic rings. The van der Waals surface area contributed by atoms with Gasteiger partial charge in [-0.2, -0.15) is 26.3 Å². The molecule has 3 aliphatic rings. The van der Waals surface area contributed by atoms with Crippen LogP contribution in [0.2, 0.25) is 0 Å². The first-order valence-corrected chi connectivity index (χ1v) is 7.08. The Morgan fingerprint density at radius 2 is 1.45 bits per heavy atom. The molecule has 0 amide bonds. The molecule has 6 atom stereocenters. The van der Waals surface area contributed by atoms with Crippen molar-refractivity contribution in [2.45, 2.75) is 43.3 Å². The molecule has 2 fully saturated rings. The van der Waals surface area contributed by atoms with Gasteiger partial charge in [0.05, 0.1) is 5.60 Å². The number of halogens is 6. The highest BCUT2D eigenvalue weighted by Gasteiger charge is 2.79. The van der Waals surface area contributed by atoms with Crippen LogP contribution in [0, 0.1) is 29.6 Å². The fourth-order valence-electron chi connectivity index (χ4n) is 5.01. The van der Waals surface area contributed by atoms with Gasteiger partial charge in [0, 0.05) is 5.92 Å². The summed E-state index contributed by atoms with van der Waals surface area (Å²) in [5.74, 6) is -3.78. The van der Waals surface area contributed by atoms with E-state index in [2.05, 4.69) is 0 Å². The van der Waals surface area contributed by atoms with Crippen molar-refractivity contribution in [2.75, 3.05) is 0 Å². The molecule has 3 aliphatic carbocycles. The van der Waals surface area contributed by atoms with Gasteiger partial charge in [-0.15, -0.1) is 0 Å². The van der Waals surface area contributed by atoms with Gasteiger partial charge >= 0.3 is 12.4 Å². The summed E-state index contributed by atoms with van der Waals surface area (Å²) in [4.78, 5) is 0. The Labute approximate surface area is 122 Å². The maximum absolute atomic E-state index is 13.1. The normalized spacial score (nSPS) is 44.7. The maximum atomic E-state index is 13.1. The second-order valence-electron chi connectivity index (χ2n) is 6.91. The molecule has 0 radical (unpaired) electrons. The summed E-state index contributed by atoms with van der Waals surface area (Å²) in [6.45, 7) is 0.999. The van der Waals surface area contributed by atoms with Crippen LogP contribution in [0.15, 0.2) is 12.2 Å². The Morgan fingerprint density at radius 3 is 1.91 bits per heavy atom. The number of aliphatic hydroxyl groups is 2. The molecule has 126 valence electrons. The van der Waals surface area contributed by atoms with Crippen molar-refractivity contribution in [3.05, 3.63) is 12.2 Å². The van der Waals surface area contributed by atoms with Gasteiger partial charge in [-0.3, -0.25) is 0 Å². The summed E-state index contributed by atoms with van der Waals surface area (Å²) in [5, 5.41) is 20.2. The van der Waals surface area contributed by atoms with E-state index in [1.807, 2.05) is 0 Å². The smallest absolute Gasteiger partial charge is 0.389 e. The van der Waals surface area contributed by atoms with Gasteiger partial charge in [-0.1, -0.05) is 12.2 Å². The number of rotatable bonds is 1. The fraction of sp³-hybridized carbons (Fsp3) is 0.857. The molecular weight excluding hydrogens is 314 g/mol. The molecular formula is C14H16F6O2. The van der Waals surface area contributed by atoms with Crippen molar-refractivity contribution in [3.8, 4) is 0 Å². The maximum Gasteiger partial charge on any atom is 0.426 e. The molecule has 0 aromatic heterocycles. The second kappa shape index (κ2) is 4.20. The highest BCUT2D eigenvalue weighted by molar-refractivity contribution is 5.24. The zero-order valence-electron chi connectivity index (χ0n) is 11.6. The van der Waals surface area contributed by atoms with Crippen molar-refractivity contribution in [1.29, 1.82) is 0 Å². The third-order valence-electron chi connectivity index (χ3n) is 5.88. The van der Waals surface area contributed by atoms with E-state index in [4.69, 9.17) is 0 Å². The predicted octanol–water partition coefficient (Wildman–Crippen LogP) is 3.05. The van der Waals surface area contributed by atoms with Crippen LogP contribution in [0.25, 0.3) is 0 Å². The summed E-state index contributed by atoms with van der Waals surface area (Å²) >= 11 is 0. The Hall–Kier alpha value is -0.760. The first-order valence-electron chi connectivity index (χ1n) is 7.08. The lowest BCUT2D eigenvalue weighted by atomic mass is 9.72. The lowest BCUT2D eigenvalue weighted by Crippen LogP contribution is -2.66. The standard InChI is InChI=1S/C14H16F6O2/c1-11(21)9(12(22,13(15,16)17)14(18,19)20)5-8-6-2-3-7(4-6)10(8)11/h2-3,6-10,21-22H,4-5H2,1H3. The van der Waals surface area contributed by atoms with Crippen molar-refractivity contribution >= 4 is 0 Å². The number of fused-ring (bicyclic) bond motifs is 5.